The van der Waals surface area contributed by atoms with E-state index < -0.39 is 17.5 Å². The van der Waals surface area contributed by atoms with Crippen LogP contribution in [0.3, 0.4) is 0 Å². The number of aliphatic hydroxyl groups excluding tert-OH is 1. The van der Waals surface area contributed by atoms with Crippen LogP contribution in [0.15, 0.2) is 29.2 Å². The number of hydrogen-bond donors (Lipinski definition) is 3. The molecule has 0 bridgehead atoms. The summed E-state index contributed by atoms with van der Waals surface area (Å²) in [6.45, 7) is 1.24. The van der Waals surface area contributed by atoms with Gasteiger partial charge in [-0.2, -0.15) is 0 Å². The van der Waals surface area contributed by atoms with Crippen LogP contribution >= 0.6 is 11.3 Å². The second-order valence-corrected chi connectivity index (χ2v) is 8.63. The summed E-state index contributed by atoms with van der Waals surface area (Å²) >= 11 is 1.59. The second-order valence-electron chi connectivity index (χ2n) is 7.49. The van der Waals surface area contributed by atoms with Crippen molar-refractivity contribution in [3.8, 4) is 16.2 Å². The molecule has 3 N–H and O–H groups in total. The van der Waals surface area contributed by atoms with Gasteiger partial charge in [0.1, 0.15) is 5.56 Å². The number of methoxy groups -OCH3 is 1. The number of rotatable bonds is 4. The number of nitrogens with zero attached hydrogens (tertiary/aromatic N) is 1. The number of aromatic carboxylic acids is 1. The van der Waals surface area contributed by atoms with E-state index in [1.807, 2.05) is 16.7 Å². The zero-order valence-electron chi connectivity index (χ0n) is 15.8. The molecule has 2 aromatic heterocycles. The van der Waals surface area contributed by atoms with Crippen LogP contribution in [0.1, 0.15) is 45.8 Å². The molecule has 1 atom stereocenters. The van der Waals surface area contributed by atoms with E-state index in [9.17, 15) is 19.8 Å². The van der Waals surface area contributed by atoms with Gasteiger partial charge in [0.25, 0.3) is 0 Å². The number of carboxylic acid groups (broad SMARTS) is 1. The number of aromatic nitrogens is 1. The molecular weight excluding hydrogens is 392 g/mol. The van der Waals surface area contributed by atoms with Gasteiger partial charge in [-0.1, -0.05) is 0 Å². The Labute approximate surface area is 170 Å². The van der Waals surface area contributed by atoms with E-state index in [0.29, 0.717) is 29.7 Å². The number of benzene rings is 1. The first-order valence-corrected chi connectivity index (χ1v) is 10.3. The topological polar surface area (TPSA) is 101 Å². The zero-order valence-corrected chi connectivity index (χ0v) is 16.6. The predicted octanol–water partition coefficient (Wildman–Crippen LogP) is 2.91. The molecule has 1 unspecified atom stereocenters. The van der Waals surface area contributed by atoms with E-state index in [-0.39, 0.29) is 11.6 Å². The van der Waals surface area contributed by atoms with Gasteiger partial charge in [0, 0.05) is 40.6 Å². The molecule has 3 aromatic rings. The van der Waals surface area contributed by atoms with Crippen molar-refractivity contribution in [2.24, 2.45) is 0 Å². The monoisotopic (exact) mass is 412 g/mol. The van der Waals surface area contributed by atoms with Gasteiger partial charge in [0.15, 0.2) is 5.75 Å². The molecule has 1 saturated carbocycles. The molecule has 1 aliphatic carbocycles. The Morgan fingerprint density at radius 1 is 1.34 bits per heavy atom. The summed E-state index contributed by atoms with van der Waals surface area (Å²) in [5.41, 5.74) is 1.67. The highest BCUT2D eigenvalue weighted by molar-refractivity contribution is 7.15. The normalized spacial score (nSPS) is 18.6. The fraction of sp³-hybridized carbons (Fsp3) is 0.333. The lowest BCUT2D eigenvalue weighted by atomic mass is 10.0. The van der Waals surface area contributed by atoms with E-state index in [0.717, 1.165) is 33.7 Å². The molecule has 7 nitrogen and oxygen atoms in total. The molecule has 150 valence electrons. The van der Waals surface area contributed by atoms with Gasteiger partial charge in [-0.3, -0.25) is 4.79 Å². The average molecular weight is 412 g/mol. The summed E-state index contributed by atoms with van der Waals surface area (Å²) < 4.78 is 7.65. The number of β-amino-alcohol motifs (C(OH)–C–C–N with tert-alkyl or cyclic N) is 1. The predicted molar refractivity (Wildman–Crippen MR) is 110 cm³/mol. The van der Waals surface area contributed by atoms with E-state index >= 15 is 0 Å². The minimum Gasteiger partial charge on any atom is -0.494 e. The number of nitrogens with one attached hydrogen (secondary N) is 1. The van der Waals surface area contributed by atoms with Crippen LogP contribution in [-0.4, -0.2) is 34.4 Å². The molecule has 5 rings (SSSR count). The number of aliphatic hydroxyl groups is 1. The first-order valence-electron chi connectivity index (χ1n) is 9.50. The average Bonchev–Trinajstić information content (AvgIpc) is 3.45. The van der Waals surface area contributed by atoms with Crippen LogP contribution in [-0.2, 0) is 6.54 Å². The molecule has 0 saturated heterocycles. The highest BCUT2D eigenvalue weighted by atomic mass is 32.1. The van der Waals surface area contributed by atoms with Gasteiger partial charge >= 0.3 is 5.97 Å². The molecule has 0 amide bonds. The number of carboxylic acids is 1. The first kappa shape index (κ1) is 18.4. The van der Waals surface area contributed by atoms with Crippen LogP contribution in [0.2, 0.25) is 0 Å². The fourth-order valence-electron chi connectivity index (χ4n) is 4.04. The van der Waals surface area contributed by atoms with Crippen molar-refractivity contribution < 1.29 is 19.7 Å². The maximum absolute atomic E-state index is 12.8. The van der Waals surface area contributed by atoms with Gasteiger partial charge in [0.05, 0.1) is 24.1 Å². The fourth-order valence-corrected chi connectivity index (χ4v) is 5.25. The lowest BCUT2D eigenvalue weighted by Crippen LogP contribution is -2.26. The third kappa shape index (κ3) is 2.87. The third-order valence-corrected chi connectivity index (χ3v) is 6.80. The van der Waals surface area contributed by atoms with Crippen LogP contribution < -0.4 is 15.5 Å². The Kier molecular flexibility index (Phi) is 4.23. The number of pyridine rings is 1. The Bertz CT molecular complexity index is 1210. The molecule has 3 heterocycles. The van der Waals surface area contributed by atoms with Gasteiger partial charge < -0.3 is 24.8 Å². The first-order chi connectivity index (χ1) is 14.0. The van der Waals surface area contributed by atoms with Crippen LogP contribution in [0, 0.1) is 0 Å². The molecule has 29 heavy (non-hydrogen) atoms. The van der Waals surface area contributed by atoms with Crippen molar-refractivity contribution in [3.63, 3.8) is 0 Å². The third-order valence-electron chi connectivity index (χ3n) is 5.61. The summed E-state index contributed by atoms with van der Waals surface area (Å²) in [4.78, 5) is 26.4. The number of thiophene rings is 1. The quantitative estimate of drug-likeness (QED) is 0.609. The lowest BCUT2D eigenvalue weighted by molar-refractivity contribution is 0.0695. The highest BCUT2D eigenvalue weighted by Crippen LogP contribution is 2.45. The van der Waals surface area contributed by atoms with E-state index in [1.54, 1.807) is 24.5 Å². The van der Waals surface area contributed by atoms with E-state index in [4.69, 9.17) is 4.74 Å². The molecule has 0 spiro atoms. The molecule has 8 heteroatoms. The minimum atomic E-state index is -1.22. The molecule has 1 aliphatic heterocycles. The lowest BCUT2D eigenvalue weighted by Gasteiger charge is -2.18. The van der Waals surface area contributed by atoms with Gasteiger partial charge in [-0.15, -0.1) is 11.3 Å². The standard InChI is InChI=1S/C21H20N2O5S/c1-28-20-11(16-6-13-15(24)7-22-8-17(13)29-16)4-5-12-18(20)23(10-2-3-10)9-14(19(12)25)21(26)27/h4-6,9-10,15,22,24H,2-3,7-8H2,1H3,(H,26,27). The summed E-state index contributed by atoms with van der Waals surface area (Å²) in [6, 6.07) is 5.65. The maximum Gasteiger partial charge on any atom is 0.341 e. The highest BCUT2D eigenvalue weighted by Gasteiger charge is 2.30. The number of carbonyl (C=O) groups is 1. The number of fused-ring (bicyclic) bond motifs is 2. The molecule has 0 radical (unpaired) electrons. The van der Waals surface area contributed by atoms with Crippen molar-refractivity contribution in [1.82, 2.24) is 9.88 Å². The molecular formula is C21H20N2O5S. The van der Waals surface area contributed by atoms with Crippen LogP contribution in [0.25, 0.3) is 21.3 Å². The van der Waals surface area contributed by atoms with E-state index in [2.05, 4.69) is 5.32 Å². The number of hydrogen-bond acceptors (Lipinski definition) is 6. The molecule has 2 aliphatic rings. The maximum atomic E-state index is 12.8. The largest absolute Gasteiger partial charge is 0.494 e. The van der Waals surface area contributed by atoms with Crippen molar-refractivity contribution in [2.75, 3.05) is 13.7 Å². The summed E-state index contributed by atoms with van der Waals surface area (Å²) in [5.74, 6) is -0.661. The van der Waals surface area contributed by atoms with Crippen molar-refractivity contribution >= 4 is 28.2 Å². The Morgan fingerprint density at radius 3 is 2.79 bits per heavy atom. The van der Waals surface area contributed by atoms with Gasteiger partial charge in [-0.05, 0) is 36.6 Å². The van der Waals surface area contributed by atoms with Crippen molar-refractivity contribution in [3.05, 3.63) is 50.6 Å². The number of ether oxygens (including phenoxy) is 1. The smallest absolute Gasteiger partial charge is 0.341 e. The molecule has 1 fully saturated rings. The van der Waals surface area contributed by atoms with Crippen LogP contribution in [0.4, 0.5) is 0 Å². The van der Waals surface area contributed by atoms with Gasteiger partial charge in [-0.25, -0.2) is 4.79 Å². The van der Waals surface area contributed by atoms with Gasteiger partial charge in [0.2, 0.25) is 5.43 Å². The Hall–Kier alpha value is -2.68. The van der Waals surface area contributed by atoms with E-state index in [1.165, 1.54) is 6.20 Å². The summed E-state index contributed by atoms with van der Waals surface area (Å²) in [6.07, 6.45) is 2.79. The minimum absolute atomic E-state index is 0.169. The molecule has 1 aromatic carbocycles. The Morgan fingerprint density at radius 2 is 2.14 bits per heavy atom. The summed E-state index contributed by atoms with van der Waals surface area (Å²) in [7, 11) is 1.56. The Balaban J connectivity index is 1.79. The SMILES string of the molecule is COc1c(-c2cc3c(s2)CNCC3O)ccc2c(=O)c(C(=O)O)cn(C3CC3)c12. The van der Waals surface area contributed by atoms with Crippen molar-refractivity contribution in [2.45, 2.75) is 31.5 Å². The second kappa shape index (κ2) is 6.69. The summed E-state index contributed by atoms with van der Waals surface area (Å²) in [5, 5.41) is 23.3. The van der Waals surface area contributed by atoms with Crippen molar-refractivity contribution in [1.29, 1.82) is 0 Å². The van der Waals surface area contributed by atoms with Crippen LogP contribution in [0.5, 0.6) is 5.75 Å². The zero-order chi connectivity index (χ0) is 20.3.